The van der Waals surface area contributed by atoms with Gasteiger partial charge in [0.1, 0.15) is 12.4 Å². The Bertz CT molecular complexity index is 978. The fourth-order valence-corrected chi connectivity index (χ4v) is 3.52. The standard InChI is InChI=1S/C21H23N3O3/c1-4-9-26-16-7-5-15(6-8-16)19-11-27-21(25)24(19)18-10-17-20(23-12-22-17)14(3)13(18)2/h5-8,10,12,19H,4,9,11H2,1-3H3,(H,22,23). The summed E-state index contributed by atoms with van der Waals surface area (Å²) in [4.78, 5) is 21.8. The Labute approximate surface area is 158 Å². The van der Waals surface area contributed by atoms with Gasteiger partial charge in [0, 0.05) is 0 Å². The number of aromatic nitrogens is 2. The number of benzene rings is 2. The molecule has 1 unspecified atom stereocenters. The number of amides is 1. The quantitative estimate of drug-likeness (QED) is 0.714. The van der Waals surface area contributed by atoms with E-state index in [1.54, 1.807) is 11.2 Å². The second-order valence-corrected chi connectivity index (χ2v) is 6.82. The van der Waals surface area contributed by atoms with Gasteiger partial charge in [-0.25, -0.2) is 9.78 Å². The molecule has 1 N–H and O–H groups in total. The van der Waals surface area contributed by atoms with Crippen molar-refractivity contribution in [2.45, 2.75) is 33.2 Å². The minimum Gasteiger partial charge on any atom is -0.494 e. The van der Waals surface area contributed by atoms with E-state index in [1.807, 2.05) is 44.2 Å². The number of hydrogen-bond donors (Lipinski definition) is 1. The number of carbonyl (C=O) groups is 1. The van der Waals surface area contributed by atoms with Gasteiger partial charge in [0.2, 0.25) is 0 Å². The summed E-state index contributed by atoms with van der Waals surface area (Å²) in [6.45, 7) is 7.16. The number of nitrogens with zero attached hydrogens (tertiary/aromatic N) is 2. The third kappa shape index (κ3) is 3.01. The molecule has 140 valence electrons. The Balaban J connectivity index is 1.71. The number of rotatable bonds is 5. The highest BCUT2D eigenvalue weighted by atomic mass is 16.6. The molecule has 6 nitrogen and oxygen atoms in total. The molecule has 6 heteroatoms. The van der Waals surface area contributed by atoms with Gasteiger partial charge in [0.05, 0.1) is 35.7 Å². The number of hydrogen-bond acceptors (Lipinski definition) is 4. The third-order valence-electron chi connectivity index (χ3n) is 5.13. The van der Waals surface area contributed by atoms with E-state index < -0.39 is 0 Å². The molecule has 1 aliphatic heterocycles. The molecule has 0 saturated carbocycles. The van der Waals surface area contributed by atoms with Gasteiger partial charge in [0.25, 0.3) is 0 Å². The number of H-pyrrole nitrogens is 1. The summed E-state index contributed by atoms with van der Waals surface area (Å²) < 4.78 is 11.1. The molecule has 1 atom stereocenters. The van der Waals surface area contributed by atoms with E-state index >= 15 is 0 Å². The van der Waals surface area contributed by atoms with Crippen LogP contribution in [-0.4, -0.2) is 29.3 Å². The van der Waals surface area contributed by atoms with E-state index in [-0.39, 0.29) is 12.1 Å². The summed E-state index contributed by atoms with van der Waals surface area (Å²) in [7, 11) is 0. The normalized spacial score (nSPS) is 16.8. The second-order valence-electron chi connectivity index (χ2n) is 6.82. The van der Waals surface area contributed by atoms with Crippen LogP contribution < -0.4 is 9.64 Å². The van der Waals surface area contributed by atoms with Gasteiger partial charge in [0.15, 0.2) is 0 Å². The SMILES string of the molecule is CCCOc1ccc(C2COC(=O)N2c2cc3nc[nH]c3c(C)c2C)cc1. The lowest BCUT2D eigenvalue weighted by Gasteiger charge is -2.24. The molecule has 1 saturated heterocycles. The Morgan fingerprint density at radius 2 is 2.04 bits per heavy atom. The van der Waals surface area contributed by atoms with Crippen molar-refractivity contribution in [2.24, 2.45) is 0 Å². The molecule has 0 aliphatic carbocycles. The lowest BCUT2D eigenvalue weighted by atomic mass is 10.0. The highest BCUT2D eigenvalue weighted by molar-refractivity contribution is 5.95. The minimum atomic E-state index is -0.330. The van der Waals surface area contributed by atoms with Gasteiger partial charge in [-0.2, -0.15) is 0 Å². The first-order chi connectivity index (χ1) is 13.1. The molecule has 27 heavy (non-hydrogen) atoms. The summed E-state index contributed by atoms with van der Waals surface area (Å²) in [6.07, 6.45) is 2.31. The Kier molecular flexibility index (Phi) is 4.48. The Morgan fingerprint density at radius 3 is 2.78 bits per heavy atom. The van der Waals surface area contributed by atoms with Crippen LogP contribution in [0.1, 0.15) is 36.1 Å². The van der Waals surface area contributed by atoms with Crippen LogP contribution in [0, 0.1) is 13.8 Å². The number of ether oxygens (including phenoxy) is 2. The monoisotopic (exact) mass is 365 g/mol. The molecule has 2 aromatic carbocycles. The number of fused-ring (bicyclic) bond motifs is 1. The molecule has 3 aromatic rings. The molecule has 4 rings (SSSR count). The van der Waals surface area contributed by atoms with E-state index in [2.05, 4.69) is 16.9 Å². The first-order valence-electron chi connectivity index (χ1n) is 9.22. The summed E-state index contributed by atoms with van der Waals surface area (Å²) >= 11 is 0. The molecule has 0 radical (unpaired) electrons. The van der Waals surface area contributed by atoms with Crippen molar-refractivity contribution in [3.05, 3.63) is 53.3 Å². The molecule has 1 aliphatic rings. The van der Waals surface area contributed by atoms with Crippen molar-refractivity contribution in [1.82, 2.24) is 9.97 Å². The Morgan fingerprint density at radius 1 is 1.26 bits per heavy atom. The average molecular weight is 365 g/mol. The summed E-state index contributed by atoms with van der Waals surface area (Å²) in [5.41, 5.74) is 5.82. The van der Waals surface area contributed by atoms with Crippen LogP contribution in [0.15, 0.2) is 36.7 Å². The topological polar surface area (TPSA) is 67.5 Å². The number of aromatic amines is 1. The maximum Gasteiger partial charge on any atom is 0.415 e. The summed E-state index contributed by atoms with van der Waals surface area (Å²) in [5.74, 6) is 0.836. The van der Waals surface area contributed by atoms with E-state index in [1.165, 1.54) is 0 Å². The molecular formula is C21H23N3O3. The molecule has 1 aromatic heterocycles. The van der Waals surface area contributed by atoms with Crippen molar-refractivity contribution >= 4 is 22.8 Å². The van der Waals surface area contributed by atoms with Gasteiger partial charge in [-0.3, -0.25) is 4.90 Å². The molecule has 1 fully saturated rings. The number of anilines is 1. The number of cyclic esters (lactones) is 1. The van der Waals surface area contributed by atoms with Crippen LogP contribution in [0.3, 0.4) is 0 Å². The van der Waals surface area contributed by atoms with Gasteiger partial charge >= 0.3 is 6.09 Å². The number of imidazole rings is 1. The van der Waals surface area contributed by atoms with Crippen molar-refractivity contribution < 1.29 is 14.3 Å². The van der Waals surface area contributed by atoms with Crippen molar-refractivity contribution in [1.29, 1.82) is 0 Å². The van der Waals surface area contributed by atoms with Gasteiger partial charge < -0.3 is 14.5 Å². The predicted molar refractivity (Wildman–Crippen MR) is 104 cm³/mol. The van der Waals surface area contributed by atoms with Gasteiger partial charge in [-0.1, -0.05) is 19.1 Å². The molecule has 2 heterocycles. The van der Waals surface area contributed by atoms with E-state index in [0.29, 0.717) is 13.2 Å². The smallest absolute Gasteiger partial charge is 0.415 e. The highest BCUT2D eigenvalue weighted by Crippen LogP contribution is 2.38. The molecule has 0 bridgehead atoms. The number of nitrogens with one attached hydrogen (secondary N) is 1. The zero-order valence-corrected chi connectivity index (χ0v) is 15.8. The first kappa shape index (κ1) is 17.4. The van der Waals surface area contributed by atoms with E-state index in [9.17, 15) is 4.79 Å². The largest absolute Gasteiger partial charge is 0.494 e. The van der Waals surface area contributed by atoms with Gasteiger partial charge in [-0.05, 0) is 55.2 Å². The number of aryl methyl sites for hydroxylation is 1. The average Bonchev–Trinajstić information content (AvgIpc) is 3.30. The lowest BCUT2D eigenvalue weighted by molar-refractivity contribution is 0.179. The second kappa shape index (κ2) is 6.95. The van der Waals surface area contributed by atoms with Crippen molar-refractivity contribution in [3.8, 4) is 5.75 Å². The van der Waals surface area contributed by atoms with Crippen molar-refractivity contribution in [2.75, 3.05) is 18.1 Å². The maximum atomic E-state index is 12.6. The zero-order chi connectivity index (χ0) is 19.0. The van der Waals surface area contributed by atoms with Crippen molar-refractivity contribution in [3.63, 3.8) is 0 Å². The summed E-state index contributed by atoms with van der Waals surface area (Å²) in [5, 5.41) is 0. The van der Waals surface area contributed by atoms with Crippen LogP contribution in [0.5, 0.6) is 5.75 Å². The third-order valence-corrected chi connectivity index (χ3v) is 5.13. The fourth-order valence-electron chi connectivity index (χ4n) is 3.52. The van der Waals surface area contributed by atoms with Crippen LogP contribution in [0.2, 0.25) is 0 Å². The van der Waals surface area contributed by atoms with E-state index in [4.69, 9.17) is 9.47 Å². The van der Waals surface area contributed by atoms with Crippen LogP contribution in [0.4, 0.5) is 10.5 Å². The maximum absolute atomic E-state index is 12.6. The van der Waals surface area contributed by atoms with Gasteiger partial charge in [-0.15, -0.1) is 0 Å². The number of carbonyl (C=O) groups excluding carboxylic acids is 1. The first-order valence-corrected chi connectivity index (χ1v) is 9.22. The summed E-state index contributed by atoms with van der Waals surface area (Å²) in [6, 6.07) is 9.67. The molecule has 1 amide bonds. The van der Waals surface area contributed by atoms with Crippen LogP contribution in [-0.2, 0) is 4.74 Å². The zero-order valence-electron chi connectivity index (χ0n) is 15.8. The lowest BCUT2D eigenvalue weighted by Crippen LogP contribution is -2.28. The molecule has 0 spiro atoms. The minimum absolute atomic E-state index is 0.174. The Hall–Kier alpha value is -3.02. The van der Waals surface area contributed by atoms with E-state index in [0.717, 1.165) is 45.6 Å². The molecular weight excluding hydrogens is 342 g/mol. The van der Waals surface area contributed by atoms with Crippen LogP contribution in [0.25, 0.3) is 11.0 Å². The van der Waals surface area contributed by atoms with Crippen LogP contribution >= 0.6 is 0 Å². The fraction of sp³-hybridized carbons (Fsp3) is 0.333. The predicted octanol–water partition coefficient (Wildman–Crippen LogP) is 4.67. The highest BCUT2D eigenvalue weighted by Gasteiger charge is 2.36.